The molecule has 0 radical (unpaired) electrons. The first-order valence-electron chi connectivity index (χ1n) is 7.65. The quantitative estimate of drug-likeness (QED) is 0.828. The molecule has 2 bridgehead atoms. The van der Waals surface area contributed by atoms with Crippen LogP contribution in [0, 0.1) is 5.82 Å². The van der Waals surface area contributed by atoms with Crippen LogP contribution in [0.4, 0.5) is 17.6 Å². The van der Waals surface area contributed by atoms with Crippen LogP contribution >= 0.6 is 0 Å². The molecular formula is C16H18F4O2S. The summed E-state index contributed by atoms with van der Waals surface area (Å²) in [5, 5.41) is 10.5. The molecule has 1 aromatic rings. The average molecular weight is 350 g/mol. The van der Waals surface area contributed by atoms with E-state index in [1.165, 1.54) is 0 Å². The molecule has 2 aliphatic heterocycles. The molecule has 0 spiro atoms. The third kappa shape index (κ3) is 3.45. The van der Waals surface area contributed by atoms with Gasteiger partial charge in [0.15, 0.2) is 0 Å². The van der Waals surface area contributed by atoms with E-state index in [0.717, 1.165) is 37.5 Å². The third-order valence-electron chi connectivity index (χ3n) is 4.82. The van der Waals surface area contributed by atoms with Gasteiger partial charge in [0.1, 0.15) is 5.82 Å². The smallest absolute Gasteiger partial charge is 0.389 e. The van der Waals surface area contributed by atoms with Gasteiger partial charge in [0.25, 0.3) is 0 Å². The van der Waals surface area contributed by atoms with E-state index in [2.05, 4.69) is 0 Å². The number of rotatable bonds is 2. The molecule has 3 rings (SSSR count). The largest absolute Gasteiger partial charge is 0.416 e. The van der Waals surface area contributed by atoms with Crippen LogP contribution < -0.4 is 0 Å². The Morgan fingerprint density at radius 2 is 1.83 bits per heavy atom. The Morgan fingerprint density at radius 1 is 1.22 bits per heavy atom. The summed E-state index contributed by atoms with van der Waals surface area (Å²) >= 11 is 0. The molecule has 2 aliphatic rings. The summed E-state index contributed by atoms with van der Waals surface area (Å²) < 4.78 is 64.9. The first-order chi connectivity index (χ1) is 10.7. The van der Waals surface area contributed by atoms with Gasteiger partial charge in [-0.15, -0.1) is 0 Å². The molecule has 0 aromatic heterocycles. The van der Waals surface area contributed by atoms with Crippen LogP contribution in [-0.2, 0) is 23.4 Å². The lowest BCUT2D eigenvalue weighted by molar-refractivity contribution is -0.138. The van der Waals surface area contributed by atoms with Crippen molar-refractivity contribution in [3.63, 3.8) is 0 Å². The van der Waals surface area contributed by atoms with Crippen molar-refractivity contribution in [3.05, 3.63) is 35.1 Å². The average Bonchev–Trinajstić information content (AvgIpc) is 2.39. The summed E-state index contributed by atoms with van der Waals surface area (Å²) in [6.07, 6.45) is -2.04. The highest BCUT2D eigenvalue weighted by Gasteiger charge is 2.46. The molecule has 0 aliphatic carbocycles. The fourth-order valence-corrected chi connectivity index (χ4v) is 6.15. The van der Waals surface area contributed by atoms with Crippen LogP contribution in [0.2, 0.25) is 0 Å². The minimum absolute atomic E-state index is 0.171. The molecule has 0 saturated carbocycles. The Bertz CT molecular complexity index is 613. The highest BCUT2D eigenvalue weighted by molar-refractivity contribution is 7.86. The molecule has 1 N–H and O–H groups in total. The molecule has 2 heterocycles. The minimum Gasteiger partial charge on any atom is -0.389 e. The normalized spacial score (nSPS) is 34.4. The first kappa shape index (κ1) is 16.9. The van der Waals surface area contributed by atoms with E-state index in [-0.39, 0.29) is 35.3 Å². The van der Waals surface area contributed by atoms with Gasteiger partial charge in [-0.2, -0.15) is 13.2 Å². The fourth-order valence-electron chi connectivity index (χ4n) is 3.86. The second-order valence-corrected chi connectivity index (χ2v) is 8.60. The molecule has 1 aromatic carbocycles. The molecule has 23 heavy (non-hydrogen) atoms. The Labute approximate surface area is 134 Å². The summed E-state index contributed by atoms with van der Waals surface area (Å²) in [5.74, 6) is -0.754. The predicted molar refractivity (Wildman–Crippen MR) is 78.9 cm³/mol. The zero-order chi connectivity index (χ0) is 16.8. The van der Waals surface area contributed by atoms with Crippen LogP contribution in [0.3, 0.4) is 0 Å². The lowest BCUT2D eigenvalue weighted by Gasteiger charge is -2.43. The zero-order valence-corrected chi connectivity index (χ0v) is 13.2. The fraction of sp³-hybridized carbons (Fsp3) is 0.625. The second kappa shape index (κ2) is 5.84. The Kier molecular flexibility index (Phi) is 4.29. The standard InChI is InChI=1S/C16H18F4O2S/c17-11-4-5-14(16(18,19)20)10(6-11)7-15(21)8-12-2-1-3-13(9-15)23(12)22/h4-6,12-13,21H,1-3,7-9H2. The van der Waals surface area contributed by atoms with Gasteiger partial charge in [-0.05, 0) is 49.4 Å². The lowest BCUT2D eigenvalue weighted by Crippen LogP contribution is -2.50. The molecule has 128 valence electrons. The van der Waals surface area contributed by atoms with Crippen molar-refractivity contribution in [2.75, 3.05) is 0 Å². The van der Waals surface area contributed by atoms with E-state index in [1.807, 2.05) is 0 Å². The second-order valence-electron chi connectivity index (χ2n) is 6.61. The van der Waals surface area contributed by atoms with Crippen molar-refractivity contribution < 1.29 is 26.9 Å². The van der Waals surface area contributed by atoms with Crippen molar-refractivity contribution in [2.45, 2.75) is 60.8 Å². The van der Waals surface area contributed by atoms with Crippen molar-refractivity contribution in [3.8, 4) is 0 Å². The van der Waals surface area contributed by atoms with Gasteiger partial charge < -0.3 is 5.11 Å². The molecule has 2 unspecified atom stereocenters. The van der Waals surface area contributed by atoms with Crippen LogP contribution in [-0.4, -0.2) is 25.4 Å². The van der Waals surface area contributed by atoms with E-state index in [0.29, 0.717) is 0 Å². The van der Waals surface area contributed by atoms with Gasteiger partial charge in [-0.25, -0.2) is 4.39 Å². The number of benzene rings is 1. The summed E-state index contributed by atoms with van der Waals surface area (Å²) in [7, 11) is -1.02. The van der Waals surface area contributed by atoms with Crippen molar-refractivity contribution >= 4 is 10.8 Å². The summed E-state index contributed by atoms with van der Waals surface area (Å²) in [4.78, 5) is 0. The third-order valence-corrected chi connectivity index (χ3v) is 6.94. The Hall–Kier alpha value is -0.950. The summed E-state index contributed by atoms with van der Waals surface area (Å²) in [6.45, 7) is 0. The topological polar surface area (TPSA) is 37.3 Å². The van der Waals surface area contributed by atoms with Crippen molar-refractivity contribution in [1.29, 1.82) is 0 Å². The number of fused-ring (bicyclic) bond motifs is 2. The highest BCUT2D eigenvalue weighted by atomic mass is 32.2. The molecule has 2 fully saturated rings. The van der Waals surface area contributed by atoms with Crippen molar-refractivity contribution in [1.82, 2.24) is 0 Å². The summed E-state index contributed by atoms with van der Waals surface area (Å²) in [6, 6.07) is 2.35. The van der Waals surface area contributed by atoms with Gasteiger partial charge in [-0.1, -0.05) is 6.42 Å². The van der Waals surface area contributed by atoms with Crippen LogP contribution in [0.5, 0.6) is 0 Å². The monoisotopic (exact) mass is 350 g/mol. The molecule has 7 heteroatoms. The zero-order valence-electron chi connectivity index (χ0n) is 12.4. The van der Waals surface area contributed by atoms with E-state index in [4.69, 9.17) is 0 Å². The lowest BCUT2D eigenvalue weighted by atomic mass is 9.80. The Balaban J connectivity index is 1.90. The molecular weight excluding hydrogens is 332 g/mol. The maximum absolute atomic E-state index is 13.4. The first-order valence-corrected chi connectivity index (χ1v) is 8.93. The van der Waals surface area contributed by atoms with Crippen LogP contribution in [0.25, 0.3) is 0 Å². The van der Waals surface area contributed by atoms with Gasteiger partial charge >= 0.3 is 6.18 Å². The maximum Gasteiger partial charge on any atom is 0.416 e. The van der Waals surface area contributed by atoms with Gasteiger partial charge in [0, 0.05) is 27.7 Å². The van der Waals surface area contributed by atoms with Gasteiger partial charge in [0.2, 0.25) is 0 Å². The number of alkyl halides is 3. The van der Waals surface area contributed by atoms with E-state index in [1.54, 1.807) is 0 Å². The van der Waals surface area contributed by atoms with E-state index < -0.39 is 34.0 Å². The number of hydrogen-bond acceptors (Lipinski definition) is 2. The van der Waals surface area contributed by atoms with E-state index in [9.17, 15) is 26.9 Å². The summed E-state index contributed by atoms with van der Waals surface area (Å²) in [5.41, 5.74) is -2.49. The molecule has 2 nitrogen and oxygen atoms in total. The van der Waals surface area contributed by atoms with Crippen molar-refractivity contribution in [2.24, 2.45) is 0 Å². The molecule has 2 atom stereocenters. The van der Waals surface area contributed by atoms with Gasteiger partial charge in [-0.3, -0.25) is 4.21 Å². The van der Waals surface area contributed by atoms with Crippen LogP contribution in [0.1, 0.15) is 43.2 Å². The van der Waals surface area contributed by atoms with Gasteiger partial charge in [0.05, 0.1) is 11.2 Å². The highest BCUT2D eigenvalue weighted by Crippen LogP contribution is 2.42. The number of halogens is 4. The minimum atomic E-state index is -4.59. The Morgan fingerprint density at radius 3 is 2.39 bits per heavy atom. The number of aliphatic hydroxyl groups is 1. The van der Waals surface area contributed by atoms with E-state index >= 15 is 0 Å². The molecule has 2 saturated heterocycles. The maximum atomic E-state index is 13.4. The van der Waals surface area contributed by atoms with Crippen LogP contribution in [0.15, 0.2) is 18.2 Å². The SMILES string of the molecule is O=S1C2CCCC1CC(O)(Cc1cc(F)ccc1C(F)(F)F)C2. The molecule has 0 amide bonds. The number of hydrogen-bond donors (Lipinski definition) is 1. The predicted octanol–water partition coefficient (Wildman–Crippen LogP) is 3.58.